The molecule has 5 nitrogen and oxygen atoms in total. The van der Waals surface area contributed by atoms with Gasteiger partial charge in [0, 0.05) is 17.8 Å². The van der Waals surface area contributed by atoms with Crippen molar-refractivity contribution in [3.8, 4) is 5.75 Å². The van der Waals surface area contributed by atoms with Crippen molar-refractivity contribution in [2.45, 2.75) is 20.3 Å². The highest BCUT2D eigenvalue weighted by Gasteiger charge is 2.18. The summed E-state index contributed by atoms with van der Waals surface area (Å²) in [5.41, 5.74) is 2.27. The van der Waals surface area contributed by atoms with E-state index in [9.17, 15) is 9.59 Å². The monoisotopic (exact) mass is 366 g/mol. The summed E-state index contributed by atoms with van der Waals surface area (Å²) in [4.78, 5) is 26.8. The van der Waals surface area contributed by atoms with Crippen molar-refractivity contribution in [1.29, 1.82) is 0 Å². The summed E-state index contributed by atoms with van der Waals surface area (Å²) in [7, 11) is 0. The van der Waals surface area contributed by atoms with Gasteiger partial charge in [-0.25, -0.2) is 0 Å². The number of hydrogen-bond donors (Lipinski definition) is 1. The Kier molecular flexibility index (Phi) is 7.62. The molecule has 0 bridgehead atoms. The number of aryl methyl sites for hydroxylation is 1. The fourth-order valence-electron chi connectivity index (χ4n) is 2.63. The smallest absolute Gasteiger partial charge is 0.254 e. The summed E-state index contributed by atoms with van der Waals surface area (Å²) in [6.07, 6.45) is 2.43. The summed E-state index contributed by atoms with van der Waals surface area (Å²) in [6.45, 7) is 8.44. The zero-order chi connectivity index (χ0) is 19.6. The van der Waals surface area contributed by atoms with Gasteiger partial charge in [0.2, 0.25) is 5.91 Å². The molecule has 1 N–H and O–H groups in total. The highest BCUT2D eigenvalue weighted by molar-refractivity contribution is 5.99. The Hall–Kier alpha value is -3.08. The number of hydrogen-bond acceptors (Lipinski definition) is 3. The summed E-state index contributed by atoms with van der Waals surface area (Å²) in [5, 5.41) is 2.88. The van der Waals surface area contributed by atoms with Gasteiger partial charge in [-0.1, -0.05) is 37.8 Å². The molecule has 0 radical (unpaired) electrons. The van der Waals surface area contributed by atoms with E-state index in [-0.39, 0.29) is 18.4 Å². The van der Waals surface area contributed by atoms with E-state index >= 15 is 0 Å². The maximum absolute atomic E-state index is 12.8. The predicted molar refractivity (Wildman–Crippen MR) is 108 cm³/mol. The fraction of sp³-hybridized carbons (Fsp3) is 0.273. The Morgan fingerprint density at radius 1 is 1.15 bits per heavy atom. The van der Waals surface area contributed by atoms with E-state index in [0.29, 0.717) is 24.5 Å². The second kappa shape index (κ2) is 10.2. The van der Waals surface area contributed by atoms with Crippen molar-refractivity contribution >= 4 is 17.5 Å². The van der Waals surface area contributed by atoms with Gasteiger partial charge in [-0.3, -0.25) is 9.59 Å². The van der Waals surface area contributed by atoms with Crippen LogP contribution in [0, 0.1) is 6.92 Å². The van der Waals surface area contributed by atoms with Gasteiger partial charge in [0.1, 0.15) is 18.9 Å². The number of para-hydroxylation sites is 1. The average Bonchev–Trinajstić information content (AvgIpc) is 2.67. The molecule has 0 atom stereocenters. The topological polar surface area (TPSA) is 58.6 Å². The van der Waals surface area contributed by atoms with E-state index in [1.807, 2.05) is 38.1 Å². The molecule has 2 amide bonds. The first-order valence-electron chi connectivity index (χ1n) is 9.03. The van der Waals surface area contributed by atoms with Crippen LogP contribution in [0.2, 0.25) is 0 Å². The van der Waals surface area contributed by atoms with Gasteiger partial charge in [-0.15, -0.1) is 0 Å². The lowest BCUT2D eigenvalue weighted by atomic mass is 10.1. The SMILES string of the molecule is C=CCOc1ccc(C(=O)N(CCC)CC(=O)Nc2ccccc2C)cc1. The Bertz CT molecular complexity index is 784. The molecule has 142 valence electrons. The number of nitrogens with zero attached hydrogens (tertiary/aromatic N) is 1. The molecule has 2 aromatic carbocycles. The van der Waals surface area contributed by atoms with E-state index in [0.717, 1.165) is 17.7 Å². The maximum Gasteiger partial charge on any atom is 0.254 e. The fourth-order valence-corrected chi connectivity index (χ4v) is 2.63. The third-order valence-corrected chi connectivity index (χ3v) is 4.00. The number of ether oxygens (including phenoxy) is 1. The molecule has 0 aromatic heterocycles. The van der Waals surface area contributed by atoms with Crippen LogP contribution in [0.4, 0.5) is 5.69 Å². The van der Waals surface area contributed by atoms with Gasteiger partial charge in [0.25, 0.3) is 5.91 Å². The highest BCUT2D eigenvalue weighted by atomic mass is 16.5. The minimum absolute atomic E-state index is 0.00965. The Balaban J connectivity index is 2.04. The van der Waals surface area contributed by atoms with Crippen molar-refractivity contribution in [2.24, 2.45) is 0 Å². The lowest BCUT2D eigenvalue weighted by molar-refractivity contribution is -0.116. The van der Waals surface area contributed by atoms with Crippen molar-refractivity contribution in [2.75, 3.05) is 25.0 Å². The molecule has 0 unspecified atom stereocenters. The van der Waals surface area contributed by atoms with Crippen LogP contribution in [-0.2, 0) is 4.79 Å². The first-order valence-corrected chi connectivity index (χ1v) is 9.03. The van der Waals surface area contributed by atoms with E-state index in [2.05, 4.69) is 11.9 Å². The second-order valence-corrected chi connectivity index (χ2v) is 6.21. The van der Waals surface area contributed by atoms with Gasteiger partial charge in [0.05, 0.1) is 0 Å². The van der Waals surface area contributed by atoms with Crippen LogP contribution < -0.4 is 10.1 Å². The molecule has 0 aliphatic rings. The number of nitrogens with one attached hydrogen (secondary N) is 1. The van der Waals surface area contributed by atoms with Gasteiger partial charge in [0.15, 0.2) is 0 Å². The van der Waals surface area contributed by atoms with E-state index < -0.39 is 0 Å². The molecule has 0 heterocycles. The average molecular weight is 366 g/mol. The van der Waals surface area contributed by atoms with Crippen LogP contribution in [0.15, 0.2) is 61.2 Å². The van der Waals surface area contributed by atoms with Gasteiger partial charge in [-0.05, 0) is 49.2 Å². The van der Waals surface area contributed by atoms with Crippen LogP contribution in [0.5, 0.6) is 5.75 Å². The third-order valence-electron chi connectivity index (χ3n) is 4.00. The lowest BCUT2D eigenvalue weighted by Crippen LogP contribution is -2.38. The molecular weight excluding hydrogens is 340 g/mol. The summed E-state index contributed by atoms with van der Waals surface area (Å²) in [6, 6.07) is 14.5. The normalized spacial score (nSPS) is 10.1. The van der Waals surface area contributed by atoms with Crippen LogP contribution in [0.1, 0.15) is 29.3 Å². The molecule has 0 aliphatic carbocycles. The zero-order valence-electron chi connectivity index (χ0n) is 15.9. The van der Waals surface area contributed by atoms with Crippen LogP contribution in [0.3, 0.4) is 0 Å². The molecule has 2 aromatic rings. The first kappa shape index (κ1) is 20.2. The van der Waals surface area contributed by atoms with Crippen molar-refractivity contribution in [3.05, 3.63) is 72.3 Å². The number of amides is 2. The van der Waals surface area contributed by atoms with E-state index in [1.165, 1.54) is 0 Å². The molecule has 5 heteroatoms. The molecule has 27 heavy (non-hydrogen) atoms. The molecule has 0 spiro atoms. The Morgan fingerprint density at radius 3 is 2.48 bits per heavy atom. The van der Waals surface area contributed by atoms with Gasteiger partial charge < -0.3 is 15.0 Å². The zero-order valence-corrected chi connectivity index (χ0v) is 15.9. The third kappa shape index (κ3) is 5.99. The molecular formula is C22H26N2O3. The molecule has 0 aliphatic heterocycles. The molecule has 2 rings (SSSR count). The highest BCUT2D eigenvalue weighted by Crippen LogP contribution is 2.15. The van der Waals surface area contributed by atoms with E-state index in [4.69, 9.17) is 4.74 Å². The Labute approximate surface area is 160 Å². The number of rotatable bonds is 9. The lowest BCUT2D eigenvalue weighted by Gasteiger charge is -2.22. The quantitative estimate of drug-likeness (QED) is 0.681. The molecule has 0 saturated carbocycles. The number of carbonyl (C=O) groups excluding carboxylic acids is 2. The minimum atomic E-state index is -0.211. The first-order chi connectivity index (χ1) is 13.0. The second-order valence-electron chi connectivity index (χ2n) is 6.21. The van der Waals surface area contributed by atoms with Crippen LogP contribution >= 0.6 is 0 Å². The summed E-state index contributed by atoms with van der Waals surface area (Å²) >= 11 is 0. The number of benzene rings is 2. The van der Waals surface area contributed by atoms with E-state index in [1.54, 1.807) is 35.2 Å². The molecule has 0 saturated heterocycles. The van der Waals surface area contributed by atoms with Crippen molar-refractivity contribution in [1.82, 2.24) is 4.90 Å². The Morgan fingerprint density at radius 2 is 1.85 bits per heavy atom. The van der Waals surface area contributed by atoms with Crippen LogP contribution in [0.25, 0.3) is 0 Å². The molecule has 0 fully saturated rings. The van der Waals surface area contributed by atoms with Gasteiger partial charge in [-0.2, -0.15) is 0 Å². The van der Waals surface area contributed by atoms with Crippen LogP contribution in [-0.4, -0.2) is 36.4 Å². The predicted octanol–water partition coefficient (Wildman–Crippen LogP) is 4.05. The standard InChI is InChI=1S/C22H26N2O3/c1-4-14-24(16-21(25)23-20-9-7-6-8-17(20)3)22(26)18-10-12-19(13-11-18)27-15-5-2/h5-13H,2,4,14-16H2,1,3H3,(H,23,25). The summed E-state index contributed by atoms with van der Waals surface area (Å²) in [5.74, 6) is 0.287. The largest absolute Gasteiger partial charge is 0.490 e. The van der Waals surface area contributed by atoms with Crippen molar-refractivity contribution < 1.29 is 14.3 Å². The number of carbonyl (C=O) groups is 2. The summed E-state index contributed by atoms with van der Waals surface area (Å²) < 4.78 is 5.43. The number of anilines is 1. The minimum Gasteiger partial charge on any atom is -0.490 e. The van der Waals surface area contributed by atoms with Gasteiger partial charge >= 0.3 is 0 Å². The van der Waals surface area contributed by atoms with Crippen molar-refractivity contribution in [3.63, 3.8) is 0 Å². The maximum atomic E-state index is 12.8.